The summed E-state index contributed by atoms with van der Waals surface area (Å²) >= 11 is 0. The van der Waals surface area contributed by atoms with E-state index in [-0.39, 0.29) is 0 Å². The van der Waals surface area contributed by atoms with E-state index in [0.29, 0.717) is 18.1 Å². The number of rotatable bonds is 3. The molecule has 2 heteroatoms. The van der Waals surface area contributed by atoms with Crippen molar-refractivity contribution in [1.82, 2.24) is 5.32 Å². The van der Waals surface area contributed by atoms with Crippen LogP contribution in [0.15, 0.2) is 12.1 Å². The number of carbonyl (C=O) groups excluding carboxylic acids is 1. The van der Waals surface area contributed by atoms with Gasteiger partial charge in [0.1, 0.15) is 0 Å². The second kappa shape index (κ2) is 5.01. The molecule has 1 N–H and O–H groups in total. The molecule has 1 atom stereocenters. The van der Waals surface area contributed by atoms with E-state index >= 15 is 0 Å². The van der Waals surface area contributed by atoms with Gasteiger partial charge in [0.2, 0.25) is 0 Å². The first-order valence-corrected chi connectivity index (χ1v) is 6.40. The molecule has 0 spiro atoms. The lowest BCUT2D eigenvalue weighted by atomic mass is 9.92. The summed E-state index contributed by atoms with van der Waals surface area (Å²) in [6, 6.07) is 4.05. The molecule has 0 amide bonds. The van der Waals surface area contributed by atoms with Crippen molar-refractivity contribution >= 4 is 5.78 Å². The first kappa shape index (κ1) is 12.3. The Bertz CT molecular complexity index is 431. The van der Waals surface area contributed by atoms with Gasteiger partial charge in [0.05, 0.1) is 0 Å². The number of Topliss-reactive ketones (excluding diaryl/α,β-unsaturated/α-hetero) is 1. The van der Waals surface area contributed by atoms with Crippen LogP contribution >= 0.6 is 0 Å². The van der Waals surface area contributed by atoms with Gasteiger partial charge in [-0.15, -0.1) is 0 Å². The van der Waals surface area contributed by atoms with Crippen LogP contribution in [0.3, 0.4) is 0 Å². The Labute approximate surface area is 103 Å². The van der Waals surface area contributed by atoms with E-state index in [0.717, 1.165) is 30.6 Å². The van der Waals surface area contributed by atoms with E-state index in [1.165, 1.54) is 11.1 Å². The van der Waals surface area contributed by atoms with Crippen LogP contribution < -0.4 is 5.32 Å². The van der Waals surface area contributed by atoms with Gasteiger partial charge < -0.3 is 5.32 Å². The predicted octanol–water partition coefficient (Wildman–Crippen LogP) is 2.79. The van der Waals surface area contributed by atoms with E-state index < -0.39 is 0 Å². The Balaban J connectivity index is 2.16. The van der Waals surface area contributed by atoms with Crippen LogP contribution in [0.5, 0.6) is 0 Å². The molecule has 1 heterocycles. The average Bonchev–Trinajstić information content (AvgIpc) is 2.78. The first-order valence-electron chi connectivity index (χ1n) is 6.40. The van der Waals surface area contributed by atoms with Gasteiger partial charge in [-0.1, -0.05) is 12.1 Å². The number of ketones is 1. The quantitative estimate of drug-likeness (QED) is 0.810. The molecular formula is C15H21NO. The van der Waals surface area contributed by atoms with Crippen molar-refractivity contribution in [2.75, 3.05) is 13.1 Å². The lowest BCUT2D eigenvalue weighted by Gasteiger charge is -2.12. The number of hydrogen-bond donors (Lipinski definition) is 1. The summed E-state index contributed by atoms with van der Waals surface area (Å²) in [5, 5.41) is 3.31. The van der Waals surface area contributed by atoms with Crippen LogP contribution in [-0.2, 0) is 0 Å². The van der Waals surface area contributed by atoms with Crippen LogP contribution in [-0.4, -0.2) is 18.9 Å². The molecule has 0 saturated carbocycles. The Morgan fingerprint density at radius 2 is 2.06 bits per heavy atom. The Morgan fingerprint density at radius 3 is 2.71 bits per heavy atom. The predicted molar refractivity (Wildman–Crippen MR) is 70.6 cm³/mol. The minimum atomic E-state index is 0.305. The van der Waals surface area contributed by atoms with E-state index in [2.05, 4.69) is 32.2 Å². The molecule has 1 saturated heterocycles. The molecule has 0 aromatic heterocycles. The third-order valence-electron chi connectivity index (χ3n) is 3.99. The maximum absolute atomic E-state index is 12.3. The van der Waals surface area contributed by atoms with Crippen molar-refractivity contribution in [3.05, 3.63) is 34.4 Å². The van der Waals surface area contributed by atoms with E-state index in [9.17, 15) is 4.79 Å². The number of hydrogen-bond acceptors (Lipinski definition) is 2. The molecule has 2 nitrogen and oxygen atoms in total. The van der Waals surface area contributed by atoms with Crippen LogP contribution in [0.2, 0.25) is 0 Å². The molecule has 2 rings (SSSR count). The van der Waals surface area contributed by atoms with Crippen molar-refractivity contribution in [3.63, 3.8) is 0 Å². The lowest BCUT2D eigenvalue weighted by Crippen LogP contribution is -2.14. The molecule has 1 aromatic carbocycles. The number of nitrogens with one attached hydrogen (secondary N) is 1. The number of aryl methyl sites for hydroxylation is 1. The normalized spacial score (nSPS) is 19.6. The summed E-state index contributed by atoms with van der Waals surface area (Å²) in [5.41, 5.74) is 4.59. The standard InChI is InChI=1S/C15H21NO/c1-10-4-5-14(12(3)11(10)2)15(17)8-13-6-7-16-9-13/h4-5,13,16H,6-9H2,1-3H3. The SMILES string of the molecule is Cc1ccc(C(=O)CC2CCNC2)c(C)c1C. The second-order valence-electron chi connectivity index (χ2n) is 5.17. The van der Waals surface area contributed by atoms with Gasteiger partial charge in [0.15, 0.2) is 5.78 Å². The van der Waals surface area contributed by atoms with Gasteiger partial charge in [0, 0.05) is 12.0 Å². The Hall–Kier alpha value is -1.15. The average molecular weight is 231 g/mol. The highest BCUT2D eigenvalue weighted by Gasteiger charge is 2.20. The van der Waals surface area contributed by atoms with Crippen LogP contribution in [0, 0.1) is 26.7 Å². The monoisotopic (exact) mass is 231 g/mol. The minimum Gasteiger partial charge on any atom is -0.316 e. The third kappa shape index (κ3) is 2.58. The van der Waals surface area contributed by atoms with Crippen LogP contribution in [0.1, 0.15) is 39.9 Å². The highest BCUT2D eigenvalue weighted by atomic mass is 16.1. The molecule has 17 heavy (non-hydrogen) atoms. The molecule has 1 aliphatic rings. The molecule has 1 aromatic rings. The topological polar surface area (TPSA) is 29.1 Å². The van der Waals surface area contributed by atoms with Gasteiger partial charge in [-0.2, -0.15) is 0 Å². The van der Waals surface area contributed by atoms with Gasteiger partial charge in [-0.05, 0) is 62.9 Å². The largest absolute Gasteiger partial charge is 0.316 e. The van der Waals surface area contributed by atoms with Crippen molar-refractivity contribution < 1.29 is 4.79 Å². The van der Waals surface area contributed by atoms with Crippen LogP contribution in [0.25, 0.3) is 0 Å². The summed E-state index contributed by atoms with van der Waals surface area (Å²) in [5.74, 6) is 0.836. The zero-order valence-electron chi connectivity index (χ0n) is 11.0. The number of benzene rings is 1. The van der Waals surface area contributed by atoms with Crippen molar-refractivity contribution in [3.8, 4) is 0 Å². The second-order valence-corrected chi connectivity index (χ2v) is 5.17. The molecular weight excluding hydrogens is 210 g/mol. The summed E-state index contributed by atoms with van der Waals surface area (Å²) in [6.07, 6.45) is 1.83. The molecule has 0 radical (unpaired) electrons. The minimum absolute atomic E-state index is 0.305. The first-order chi connectivity index (χ1) is 8.09. The maximum atomic E-state index is 12.3. The molecule has 1 aliphatic heterocycles. The smallest absolute Gasteiger partial charge is 0.163 e. The summed E-state index contributed by atoms with van der Waals surface area (Å²) in [6.45, 7) is 8.30. The fraction of sp³-hybridized carbons (Fsp3) is 0.533. The highest BCUT2D eigenvalue weighted by Crippen LogP contribution is 2.21. The number of carbonyl (C=O) groups is 1. The maximum Gasteiger partial charge on any atom is 0.163 e. The Kier molecular flexibility index (Phi) is 3.63. The summed E-state index contributed by atoms with van der Waals surface area (Å²) < 4.78 is 0. The molecule has 1 unspecified atom stereocenters. The zero-order chi connectivity index (χ0) is 12.4. The van der Waals surface area contributed by atoms with Gasteiger partial charge in [-0.3, -0.25) is 4.79 Å². The van der Waals surface area contributed by atoms with Crippen LogP contribution in [0.4, 0.5) is 0 Å². The molecule has 0 bridgehead atoms. The van der Waals surface area contributed by atoms with Crippen molar-refractivity contribution in [2.24, 2.45) is 5.92 Å². The molecule has 92 valence electrons. The van der Waals surface area contributed by atoms with E-state index in [4.69, 9.17) is 0 Å². The van der Waals surface area contributed by atoms with E-state index in [1.807, 2.05) is 6.07 Å². The zero-order valence-corrected chi connectivity index (χ0v) is 11.0. The summed E-state index contributed by atoms with van der Waals surface area (Å²) in [4.78, 5) is 12.3. The van der Waals surface area contributed by atoms with Crippen molar-refractivity contribution in [1.29, 1.82) is 0 Å². The van der Waals surface area contributed by atoms with Gasteiger partial charge in [-0.25, -0.2) is 0 Å². The van der Waals surface area contributed by atoms with Gasteiger partial charge >= 0.3 is 0 Å². The fourth-order valence-corrected chi connectivity index (χ4v) is 2.52. The van der Waals surface area contributed by atoms with Gasteiger partial charge in [0.25, 0.3) is 0 Å². The molecule has 1 fully saturated rings. The Morgan fingerprint density at radius 1 is 1.29 bits per heavy atom. The highest BCUT2D eigenvalue weighted by molar-refractivity contribution is 5.98. The lowest BCUT2D eigenvalue weighted by molar-refractivity contribution is 0.0964. The molecule has 0 aliphatic carbocycles. The van der Waals surface area contributed by atoms with E-state index in [1.54, 1.807) is 0 Å². The third-order valence-corrected chi connectivity index (χ3v) is 3.99. The summed E-state index contributed by atoms with van der Waals surface area (Å²) in [7, 11) is 0. The fourth-order valence-electron chi connectivity index (χ4n) is 2.52. The van der Waals surface area contributed by atoms with Crippen molar-refractivity contribution in [2.45, 2.75) is 33.6 Å².